The minimum atomic E-state index is -3.41. The van der Waals surface area contributed by atoms with Crippen molar-refractivity contribution in [1.82, 2.24) is 14.8 Å². The van der Waals surface area contributed by atoms with E-state index in [1.54, 1.807) is 19.4 Å². The summed E-state index contributed by atoms with van der Waals surface area (Å²) in [5, 5.41) is 0.913. The molecule has 0 amide bonds. The maximum atomic E-state index is 12.6. The van der Waals surface area contributed by atoms with Crippen LogP contribution in [0.5, 0.6) is 5.75 Å². The van der Waals surface area contributed by atoms with Crippen molar-refractivity contribution in [2.45, 2.75) is 6.54 Å². The molecule has 0 atom stereocenters. The van der Waals surface area contributed by atoms with Gasteiger partial charge in [-0.1, -0.05) is 18.2 Å². The van der Waals surface area contributed by atoms with Gasteiger partial charge in [0.15, 0.2) is 0 Å². The Morgan fingerprint density at radius 1 is 1.00 bits per heavy atom. The first kappa shape index (κ1) is 21.5. The van der Waals surface area contributed by atoms with E-state index in [0.717, 1.165) is 49.4 Å². The SMILES string of the molecule is COc1ccc(CN2CCN(CCS(=O)(=O)Nc3ccc4ncccc4c3)CC2)cc1. The molecule has 1 N–H and O–H groups in total. The first-order valence-corrected chi connectivity index (χ1v) is 12.1. The summed E-state index contributed by atoms with van der Waals surface area (Å²) in [5.74, 6) is 0.944. The molecule has 31 heavy (non-hydrogen) atoms. The number of nitrogens with zero attached hydrogens (tertiary/aromatic N) is 3. The van der Waals surface area contributed by atoms with E-state index in [4.69, 9.17) is 4.74 Å². The Hall–Kier alpha value is -2.68. The maximum absolute atomic E-state index is 12.6. The summed E-state index contributed by atoms with van der Waals surface area (Å²) in [5.41, 5.74) is 2.68. The summed E-state index contributed by atoms with van der Waals surface area (Å²) in [7, 11) is -1.74. The van der Waals surface area contributed by atoms with Gasteiger partial charge in [0.1, 0.15) is 5.75 Å². The summed E-state index contributed by atoms with van der Waals surface area (Å²) in [4.78, 5) is 8.88. The smallest absolute Gasteiger partial charge is 0.233 e. The van der Waals surface area contributed by atoms with Gasteiger partial charge in [-0.15, -0.1) is 0 Å². The van der Waals surface area contributed by atoms with Gasteiger partial charge in [-0.2, -0.15) is 0 Å². The van der Waals surface area contributed by atoms with Gasteiger partial charge in [0.25, 0.3) is 0 Å². The van der Waals surface area contributed by atoms with E-state index in [1.165, 1.54) is 5.56 Å². The number of ether oxygens (including phenoxy) is 1. The molecule has 1 aliphatic rings. The summed E-state index contributed by atoms with van der Waals surface area (Å²) in [6, 6.07) is 17.3. The molecule has 1 fully saturated rings. The molecule has 1 aromatic heterocycles. The lowest BCUT2D eigenvalue weighted by Gasteiger charge is -2.34. The van der Waals surface area contributed by atoms with E-state index in [2.05, 4.69) is 31.6 Å². The molecule has 164 valence electrons. The van der Waals surface area contributed by atoms with E-state index in [9.17, 15) is 8.42 Å². The highest BCUT2D eigenvalue weighted by molar-refractivity contribution is 7.92. The zero-order valence-corrected chi connectivity index (χ0v) is 18.5. The minimum absolute atomic E-state index is 0.0799. The average Bonchev–Trinajstić information content (AvgIpc) is 2.79. The molecular formula is C23H28N4O3S. The molecule has 2 heterocycles. The number of sulfonamides is 1. The molecule has 0 bridgehead atoms. The highest BCUT2D eigenvalue weighted by atomic mass is 32.2. The quantitative estimate of drug-likeness (QED) is 0.581. The van der Waals surface area contributed by atoms with Gasteiger partial charge in [0.2, 0.25) is 10.0 Å². The molecule has 8 heteroatoms. The number of anilines is 1. The van der Waals surface area contributed by atoms with E-state index < -0.39 is 10.0 Å². The van der Waals surface area contributed by atoms with Crippen molar-refractivity contribution in [3.8, 4) is 5.75 Å². The molecule has 4 rings (SSSR count). The largest absolute Gasteiger partial charge is 0.497 e. The zero-order valence-electron chi connectivity index (χ0n) is 17.7. The van der Waals surface area contributed by atoms with Crippen molar-refractivity contribution in [3.05, 3.63) is 66.4 Å². The van der Waals surface area contributed by atoms with Crippen molar-refractivity contribution >= 4 is 26.6 Å². The highest BCUT2D eigenvalue weighted by Crippen LogP contribution is 2.18. The fourth-order valence-electron chi connectivity index (χ4n) is 3.78. The maximum Gasteiger partial charge on any atom is 0.233 e. The molecule has 1 aliphatic heterocycles. The lowest BCUT2D eigenvalue weighted by molar-refractivity contribution is 0.132. The fourth-order valence-corrected chi connectivity index (χ4v) is 4.87. The second-order valence-corrected chi connectivity index (χ2v) is 9.64. The van der Waals surface area contributed by atoms with Crippen molar-refractivity contribution in [2.75, 3.05) is 50.3 Å². The number of aromatic nitrogens is 1. The lowest BCUT2D eigenvalue weighted by atomic mass is 10.2. The number of hydrogen-bond acceptors (Lipinski definition) is 6. The van der Waals surface area contributed by atoms with Crippen molar-refractivity contribution in [3.63, 3.8) is 0 Å². The van der Waals surface area contributed by atoms with Crippen LogP contribution in [-0.2, 0) is 16.6 Å². The molecule has 2 aromatic carbocycles. The molecule has 0 saturated carbocycles. The van der Waals surface area contributed by atoms with Gasteiger partial charge in [-0.05, 0) is 42.0 Å². The van der Waals surface area contributed by atoms with Crippen LogP contribution in [0.3, 0.4) is 0 Å². The second-order valence-electron chi connectivity index (χ2n) is 7.80. The van der Waals surface area contributed by atoms with Crippen LogP contribution < -0.4 is 9.46 Å². The van der Waals surface area contributed by atoms with Crippen LogP contribution in [0.1, 0.15) is 5.56 Å². The standard InChI is InChI=1S/C23H28N4O3S/c1-30-22-7-4-19(5-8-22)18-27-13-11-26(12-14-27)15-16-31(28,29)25-21-6-9-23-20(17-21)3-2-10-24-23/h2-10,17,25H,11-16,18H2,1H3. The highest BCUT2D eigenvalue weighted by Gasteiger charge is 2.19. The predicted molar refractivity (Wildman–Crippen MR) is 124 cm³/mol. The van der Waals surface area contributed by atoms with E-state index in [1.807, 2.05) is 36.4 Å². The van der Waals surface area contributed by atoms with Crippen LogP contribution in [-0.4, -0.2) is 68.8 Å². The van der Waals surface area contributed by atoms with Gasteiger partial charge in [0.05, 0.1) is 18.4 Å². The topological polar surface area (TPSA) is 74.8 Å². The molecule has 0 aliphatic carbocycles. The Morgan fingerprint density at radius 3 is 2.48 bits per heavy atom. The van der Waals surface area contributed by atoms with Crippen LogP contribution in [0.2, 0.25) is 0 Å². The number of hydrogen-bond donors (Lipinski definition) is 1. The molecule has 3 aromatic rings. The van der Waals surface area contributed by atoms with Crippen molar-refractivity contribution < 1.29 is 13.2 Å². The Balaban J connectivity index is 1.24. The van der Waals surface area contributed by atoms with E-state index in [0.29, 0.717) is 12.2 Å². The van der Waals surface area contributed by atoms with Gasteiger partial charge in [-0.3, -0.25) is 19.5 Å². The minimum Gasteiger partial charge on any atom is -0.497 e. The van der Waals surface area contributed by atoms with Crippen molar-refractivity contribution in [1.29, 1.82) is 0 Å². The zero-order chi connectivity index (χ0) is 21.7. The summed E-state index contributed by atoms with van der Waals surface area (Å²) < 4.78 is 33.0. The third-order valence-electron chi connectivity index (χ3n) is 5.58. The first-order valence-electron chi connectivity index (χ1n) is 10.4. The molecule has 0 unspecified atom stereocenters. The fraction of sp³-hybridized carbons (Fsp3) is 0.348. The Labute approximate surface area is 183 Å². The Morgan fingerprint density at radius 2 is 1.74 bits per heavy atom. The number of benzene rings is 2. The van der Waals surface area contributed by atoms with Gasteiger partial charge >= 0.3 is 0 Å². The summed E-state index contributed by atoms with van der Waals surface area (Å²) >= 11 is 0. The molecule has 0 spiro atoms. The molecule has 7 nitrogen and oxygen atoms in total. The summed E-state index contributed by atoms with van der Waals surface area (Å²) in [6.07, 6.45) is 1.73. The van der Waals surface area contributed by atoms with Crippen LogP contribution in [0.4, 0.5) is 5.69 Å². The van der Waals surface area contributed by atoms with Crippen molar-refractivity contribution in [2.24, 2.45) is 0 Å². The number of piperazine rings is 1. The van der Waals surface area contributed by atoms with Gasteiger partial charge in [-0.25, -0.2) is 8.42 Å². The summed E-state index contributed by atoms with van der Waals surface area (Å²) in [6.45, 7) is 5.02. The first-order chi connectivity index (χ1) is 15.0. The number of nitrogens with one attached hydrogen (secondary N) is 1. The monoisotopic (exact) mass is 440 g/mol. The average molecular weight is 441 g/mol. The van der Waals surface area contributed by atoms with E-state index >= 15 is 0 Å². The van der Waals surface area contributed by atoms with Gasteiger partial charge < -0.3 is 4.74 Å². The Bertz CT molecular complexity index is 1110. The van der Waals surface area contributed by atoms with Crippen LogP contribution in [0.15, 0.2) is 60.8 Å². The second kappa shape index (κ2) is 9.64. The van der Waals surface area contributed by atoms with Crippen LogP contribution in [0.25, 0.3) is 10.9 Å². The number of fused-ring (bicyclic) bond motifs is 1. The number of rotatable bonds is 8. The van der Waals surface area contributed by atoms with Crippen LogP contribution in [0, 0.1) is 0 Å². The van der Waals surface area contributed by atoms with E-state index in [-0.39, 0.29) is 5.75 Å². The lowest BCUT2D eigenvalue weighted by Crippen LogP contribution is -2.47. The number of pyridine rings is 1. The third kappa shape index (κ3) is 5.94. The van der Waals surface area contributed by atoms with Gasteiger partial charge in [0, 0.05) is 56.5 Å². The van der Waals surface area contributed by atoms with Crippen LogP contribution >= 0.6 is 0 Å². The number of methoxy groups -OCH3 is 1. The third-order valence-corrected chi connectivity index (χ3v) is 6.85. The molecule has 0 radical (unpaired) electrons. The molecular weight excluding hydrogens is 412 g/mol. The Kier molecular flexibility index (Phi) is 6.70. The normalized spacial score (nSPS) is 15.8. The predicted octanol–water partition coefficient (Wildman–Crippen LogP) is 2.80. The molecule has 1 saturated heterocycles.